The fraction of sp³-hybridized carbons (Fsp3) is 0.474. The molecule has 21 heavy (non-hydrogen) atoms. The zero-order chi connectivity index (χ0) is 15.5. The Morgan fingerprint density at radius 3 is 2.38 bits per heavy atom. The first-order chi connectivity index (χ1) is 9.89. The van der Waals surface area contributed by atoms with Crippen molar-refractivity contribution in [2.45, 2.75) is 46.6 Å². The summed E-state index contributed by atoms with van der Waals surface area (Å²) >= 11 is 3.65. The van der Waals surface area contributed by atoms with Crippen molar-refractivity contribution in [3.63, 3.8) is 0 Å². The van der Waals surface area contributed by atoms with E-state index in [0.717, 1.165) is 13.0 Å². The van der Waals surface area contributed by atoms with E-state index in [1.54, 1.807) is 0 Å². The lowest BCUT2D eigenvalue weighted by Crippen LogP contribution is -2.34. The van der Waals surface area contributed by atoms with Gasteiger partial charge < -0.3 is 5.32 Å². The second kappa shape index (κ2) is 6.93. The molecular formula is C19H26BrN. The van der Waals surface area contributed by atoms with E-state index in [9.17, 15) is 0 Å². The molecule has 2 aromatic carbocycles. The first-order valence-electron chi connectivity index (χ1n) is 7.78. The second-order valence-electron chi connectivity index (χ2n) is 6.95. The van der Waals surface area contributed by atoms with Crippen LogP contribution in [0.25, 0.3) is 10.8 Å². The quantitative estimate of drug-likeness (QED) is 0.721. The minimum absolute atomic E-state index is 0.318. The number of nitrogens with one attached hydrogen (secondary N) is 1. The number of rotatable bonds is 6. The molecule has 2 heteroatoms. The average Bonchev–Trinajstić information content (AvgIpc) is 2.45. The molecule has 0 heterocycles. The van der Waals surface area contributed by atoms with Gasteiger partial charge in [0, 0.05) is 17.1 Å². The summed E-state index contributed by atoms with van der Waals surface area (Å²) in [6.07, 6.45) is 2.32. The zero-order valence-electron chi connectivity index (χ0n) is 13.5. The van der Waals surface area contributed by atoms with E-state index in [1.165, 1.54) is 27.2 Å². The molecule has 0 aliphatic heterocycles. The Labute approximate surface area is 137 Å². The molecule has 2 rings (SSSR count). The van der Waals surface area contributed by atoms with E-state index in [-0.39, 0.29) is 0 Å². The van der Waals surface area contributed by atoms with Crippen LogP contribution in [0.2, 0.25) is 0 Å². The molecule has 0 aliphatic rings. The van der Waals surface area contributed by atoms with Crippen LogP contribution in [0.4, 0.5) is 0 Å². The van der Waals surface area contributed by atoms with Crippen molar-refractivity contribution < 1.29 is 0 Å². The van der Waals surface area contributed by atoms with Crippen LogP contribution in [0.5, 0.6) is 0 Å². The van der Waals surface area contributed by atoms with Crippen molar-refractivity contribution in [3.05, 3.63) is 46.4 Å². The van der Waals surface area contributed by atoms with E-state index >= 15 is 0 Å². The molecule has 0 spiro atoms. The van der Waals surface area contributed by atoms with Crippen molar-refractivity contribution >= 4 is 26.7 Å². The molecule has 0 saturated carbocycles. The maximum absolute atomic E-state index is 3.65. The Kier molecular flexibility index (Phi) is 5.45. The number of hydrogen-bond acceptors (Lipinski definition) is 1. The van der Waals surface area contributed by atoms with Gasteiger partial charge in [-0.1, -0.05) is 74.0 Å². The third kappa shape index (κ3) is 4.55. The summed E-state index contributed by atoms with van der Waals surface area (Å²) < 4.78 is 1.18. The molecular weight excluding hydrogens is 322 g/mol. The van der Waals surface area contributed by atoms with Crippen molar-refractivity contribution in [3.8, 4) is 0 Å². The van der Waals surface area contributed by atoms with E-state index in [4.69, 9.17) is 0 Å². The van der Waals surface area contributed by atoms with Crippen LogP contribution in [0.15, 0.2) is 40.9 Å². The van der Waals surface area contributed by atoms with Crippen LogP contribution in [-0.4, -0.2) is 12.6 Å². The van der Waals surface area contributed by atoms with Crippen molar-refractivity contribution in [1.29, 1.82) is 0 Å². The minimum Gasteiger partial charge on any atom is -0.314 e. The highest BCUT2D eigenvalue weighted by Crippen LogP contribution is 2.30. The summed E-state index contributed by atoms with van der Waals surface area (Å²) in [6, 6.07) is 13.6. The third-order valence-electron chi connectivity index (χ3n) is 4.02. The minimum atomic E-state index is 0.318. The number of halogens is 1. The van der Waals surface area contributed by atoms with Crippen LogP contribution >= 0.6 is 15.9 Å². The molecule has 1 N–H and O–H groups in total. The number of fused-ring (bicyclic) bond motifs is 1. The normalized spacial score (nSPS) is 12.3. The lowest BCUT2D eigenvalue weighted by molar-refractivity contribution is 0.304. The highest BCUT2D eigenvalue weighted by molar-refractivity contribution is 9.10. The molecule has 0 atom stereocenters. The van der Waals surface area contributed by atoms with Crippen molar-refractivity contribution in [2.75, 3.05) is 6.54 Å². The summed E-state index contributed by atoms with van der Waals surface area (Å²) in [5.41, 5.74) is 1.77. The first kappa shape index (κ1) is 16.5. The van der Waals surface area contributed by atoms with Crippen LogP contribution < -0.4 is 5.32 Å². The molecule has 0 aliphatic carbocycles. The summed E-state index contributed by atoms with van der Waals surface area (Å²) in [7, 11) is 0. The van der Waals surface area contributed by atoms with Gasteiger partial charge in [0.1, 0.15) is 0 Å². The van der Waals surface area contributed by atoms with Gasteiger partial charge in [-0.2, -0.15) is 0 Å². The summed E-state index contributed by atoms with van der Waals surface area (Å²) in [5, 5.41) is 6.25. The van der Waals surface area contributed by atoms with Gasteiger partial charge in [0.2, 0.25) is 0 Å². The van der Waals surface area contributed by atoms with Gasteiger partial charge in [0.15, 0.2) is 0 Å². The Morgan fingerprint density at radius 1 is 1.05 bits per heavy atom. The number of hydrogen-bond donors (Lipinski definition) is 1. The summed E-state index contributed by atoms with van der Waals surface area (Å²) in [5.74, 6) is 0. The predicted molar refractivity (Wildman–Crippen MR) is 96.9 cm³/mol. The number of aryl methyl sites for hydroxylation is 1. The van der Waals surface area contributed by atoms with Gasteiger partial charge in [0.05, 0.1) is 0 Å². The standard InChI is InChI=1S/C19H26BrN/c1-14(2)21-13-19(3,4)12-11-15-9-10-18(20)17-8-6-5-7-16(15)17/h5-10,14,21H,11-13H2,1-4H3. The number of benzene rings is 2. The monoisotopic (exact) mass is 347 g/mol. The van der Waals surface area contributed by atoms with E-state index in [1.807, 2.05) is 0 Å². The largest absolute Gasteiger partial charge is 0.314 e. The van der Waals surface area contributed by atoms with Gasteiger partial charge >= 0.3 is 0 Å². The molecule has 0 saturated heterocycles. The van der Waals surface area contributed by atoms with Gasteiger partial charge in [-0.05, 0) is 40.7 Å². The Bertz CT molecular complexity index is 602. The SMILES string of the molecule is CC(C)NCC(C)(C)CCc1ccc(Br)c2ccccc12. The first-order valence-corrected chi connectivity index (χ1v) is 8.58. The van der Waals surface area contributed by atoms with Gasteiger partial charge in [-0.25, -0.2) is 0 Å². The molecule has 0 aromatic heterocycles. The Hall–Kier alpha value is -0.860. The fourth-order valence-corrected chi connectivity index (χ4v) is 3.06. The third-order valence-corrected chi connectivity index (χ3v) is 4.71. The smallest absolute Gasteiger partial charge is 0.0253 e. The molecule has 0 unspecified atom stereocenters. The van der Waals surface area contributed by atoms with Crippen LogP contribution in [0.3, 0.4) is 0 Å². The highest BCUT2D eigenvalue weighted by atomic mass is 79.9. The molecule has 2 aromatic rings. The van der Waals surface area contributed by atoms with Crippen LogP contribution in [-0.2, 0) is 6.42 Å². The predicted octanol–water partition coefficient (Wildman–Crippen LogP) is 5.56. The Morgan fingerprint density at radius 2 is 1.71 bits per heavy atom. The van der Waals surface area contributed by atoms with Crippen LogP contribution in [0.1, 0.15) is 39.7 Å². The van der Waals surface area contributed by atoms with E-state index in [0.29, 0.717) is 11.5 Å². The summed E-state index contributed by atoms with van der Waals surface area (Å²) in [6.45, 7) is 10.2. The van der Waals surface area contributed by atoms with E-state index < -0.39 is 0 Å². The van der Waals surface area contributed by atoms with Gasteiger partial charge in [0.25, 0.3) is 0 Å². The zero-order valence-corrected chi connectivity index (χ0v) is 15.1. The lowest BCUT2D eigenvalue weighted by atomic mass is 9.85. The maximum atomic E-state index is 3.65. The summed E-state index contributed by atoms with van der Waals surface area (Å²) in [4.78, 5) is 0. The average molecular weight is 348 g/mol. The van der Waals surface area contributed by atoms with Gasteiger partial charge in [-0.15, -0.1) is 0 Å². The topological polar surface area (TPSA) is 12.0 Å². The molecule has 114 valence electrons. The molecule has 0 fully saturated rings. The maximum Gasteiger partial charge on any atom is 0.0253 e. The molecule has 0 radical (unpaired) electrons. The molecule has 0 amide bonds. The van der Waals surface area contributed by atoms with Crippen molar-refractivity contribution in [1.82, 2.24) is 5.32 Å². The van der Waals surface area contributed by atoms with E-state index in [2.05, 4.69) is 85.3 Å². The molecule has 1 nitrogen and oxygen atoms in total. The van der Waals surface area contributed by atoms with Crippen molar-refractivity contribution in [2.24, 2.45) is 5.41 Å². The Balaban J connectivity index is 2.12. The molecule has 0 bridgehead atoms. The van der Waals surface area contributed by atoms with Gasteiger partial charge in [-0.3, -0.25) is 0 Å². The lowest BCUT2D eigenvalue weighted by Gasteiger charge is -2.26. The van der Waals surface area contributed by atoms with Crippen LogP contribution in [0, 0.1) is 5.41 Å². The second-order valence-corrected chi connectivity index (χ2v) is 7.81. The fourth-order valence-electron chi connectivity index (χ4n) is 2.58. The highest BCUT2D eigenvalue weighted by Gasteiger charge is 2.18.